The third kappa shape index (κ3) is 2.66. The van der Waals surface area contributed by atoms with Crippen LogP contribution in [0.15, 0.2) is 6.20 Å². The molecule has 0 radical (unpaired) electrons. The van der Waals surface area contributed by atoms with Crippen molar-refractivity contribution in [1.82, 2.24) is 9.78 Å². The summed E-state index contributed by atoms with van der Waals surface area (Å²) in [6.07, 6.45) is -3.64. The molecular formula is C8H8ClF3N2O2. The van der Waals surface area contributed by atoms with Crippen molar-refractivity contribution in [3.05, 3.63) is 16.9 Å². The van der Waals surface area contributed by atoms with Crippen molar-refractivity contribution in [2.45, 2.75) is 19.6 Å². The molecule has 0 aliphatic heterocycles. The van der Waals surface area contributed by atoms with Crippen molar-refractivity contribution >= 4 is 17.6 Å². The second kappa shape index (κ2) is 4.32. The summed E-state index contributed by atoms with van der Waals surface area (Å²) in [5, 5.41) is 12.2. The molecule has 1 aromatic heterocycles. The van der Waals surface area contributed by atoms with E-state index in [-0.39, 0.29) is 5.02 Å². The molecule has 1 heterocycles. The van der Waals surface area contributed by atoms with Gasteiger partial charge in [0.15, 0.2) is 5.92 Å². The first-order chi connectivity index (χ1) is 7.23. The Bertz CT molecular complexity index is 402. The molecule has 0 spiro atoms. The van der Waals surface area contributed by atoms with E-state index >= 15 is 0 Å². The first kappa shape index (κ1) is 12.8. The average molecular weight is 257 g/mol. The zero-order chi connectivity index (χ0) is 12.5. The number of aromatic nitrogens is 2. The summed E-state index contributed by atoms with van der Waals surface area (Å²) in [4.78, 5) is 10.5. The van der Waals surface area contributed by atoms with Crippen LogP contribution in [-0.4, -0.2) is 27.0 Å². The van der Waals surface area contributed by atoms with Gasteiger partial charge >= 0.3 is 12.1 Å². The van der Waals surface area contributed by atoms with Crippen LogP contribution < -0.4 is 0 Å². The summed E-state index contributed by atoms with van der Waals surface area (Å²) in [6.45, 7) is 0.683. The number of nitrogens with zero attached hydrogens (tertiary/aromatic N) is 2. The topological polar surface area (TPSA) is 55.1 Å². The molecule has 1 aromatic rings. The molecule has 16 heavy (non-hydrogen) atoms. The quantitative estimate of drug-likeness (QED) is 0.901. The van der Waals surface area contributed by atoms with Gasteiger partial charge in [0.1, 0.15) is 0 Å². The number of carboxylic acid groups (broad SMARTS) is 1. The molecule has 1 rings (SSSR count). The Kier molecular flexibility index (Phi) is 3.47. The smallest absolute Gasteiger partial charge is 0.404 e. The van der Waals surface area contributed by atoms with Crippen LogP contribution in [-0.2, 0) is 11.3 Å². The summed E-state index contributed by atoms with van der Waals surface area (Å²) < 4.78 is 37.9. The van der Waals surface area contributed by atoms with Gasteiger partial charge in [-0.15, -0.1) is 0 Å². The van der Waals surface area contributed by atoms with E-state index in [1.54, 1.807) is 0 Å². The van der Waals surface area contributed by atoms with Crippen LogP contribution in [0.25, 0.3) is 0 Å². The lowest BCUT2D eigenvalue weighted by Gasteiger charge is -2.16. The Morgan fingerprint density at radius 2 is 2.25 bits per heavy atom. The van der Waals surface area contributed by atoms with Gasteiger partial charge in [0.05, 0.1) is 23.5 Å². The van der Waals surface area contributed by atoms with E-state index in [1.807, 2.05) is 0 Å². The van der Waals surface area contributed by atoms with Crippen molar-refractivity contribution in [2.75, 3.05) is 0 Å². The third-order valence-corrected chi connectivity index (χ3v) is 2.46. The van der Waals surface area contributed by atoms with Crippen LogP contribution in [0.5, 0.6) is 0 Å². The number of halogens is 4. The highest BCUT2D eigenvalue weighted by Gasteiger charge is 2.45. The maximum Gasteiger partial charge on any atom is 0.404 e. The normalized spacial score (nSPS) is 13.8. The Hall–Kier alpha value is -1.24. The lowest BCUT2D eigenvalue weighted by atomic mass is 10.1. The largest absolute Gasteiger partial charge is 0.481 e. The van der Waals surface area contributed by atoms with Crippen LogP contribution in [0, 0.1) is 12.8 Å². The maximum atomic E-state index is 12.3. The lowest BCUT2D eigenvalue weighted by Crippen LogP contribution is -2.34. The molecule has 1 unspecified atom stereocenters. The summed E-state index contributed by atoms with van der Waals surface area (Å²) in [6, 6.07) is 0. The van der Waals surface area contributed by atoms with Gasteiger partial charge in [-0.1, -0.05) is 11.6 Å². The van der Waals surface area contributed by atoms with Crippen LogP contribution >= 0.6 is 11.6 Å². The number of carbonyl (C=O) groups is 1. The van der Waals surface area contributed by atoms with Crippen molar-refractivity contribution in [3.8, 4) is 0 Å². The zero-order valence-electron chi connectivity index (χ0n) is 8.12. The van der Waals surface area contributed by atoms with Gasteiger partial charge in [-0.05, 0) is 6.92 Å². The van der Waals surface area contributed by atoms with E-state index in [0.29, 0.717) is 5.69 Å². The van der Waals surface area contributed by atoms with E-state index in [2.05, 4.69) is 5.10 Å². The first-order valence-corrected chi connectivity index (χ1v) is 4.58. The van der Waals surface area contributed by atoms with Gasteiger partial charge in [0.25, 0.3) is 0 Å². The number of hydrogen-bond donors (Lipinski definition) is 1. The summed E-state index contributed by atoms with van der Waals surface area (Å²) >= 11 is 5.59. The standard InChI is InChI=1S/C8H8ClF3N2O2/c1-4-6(9)2-13-14(4)3-5(7(15)16)8(10,11)12/h2,5H,3H2,1H3,(H,15,16). The molecule has 0 bridgehead atoms. The fourth-order valence-corrected chi connectivity index (χ4v) is 1.24. The minimum Gasteiger partial charge on any atom is -0.481 e. The Labute approximate surface area is 93.6 Å². The number of aliphatic carboxylic acids is 1. The number of alkyl halides is 3. The fraction of sp³-hybridized carbons (Fsp3) is 0.500. The minimum absolute atomic E-state index is 0.200. The highest BCUT2D eigenvalue weighted by molar-refractivity contribution is 6.31. The fourth-order valence-electron chi connectivity index (χ4n) is 1.10. The van der Waals surface area contributed by atoms with E-state index < -0.39 is 24.6 Å². The average Bonchev–Trinajstić information content (AvgIpc) is 2.42. The van der Waals surface area contributed by atoms with Gasteiger partial charge in [-0.3, -0.25) is 9.48 Å². The molecule has 90 valence electrons. The predicted molar refractivity (Wildman–Crippen MR) is 49.2 cm³/mol. The highest BCUT2D eigenvalue weighted by Crippen LogP contribution is 2.28. The lowest BCUT2D eigenvalue weighted by molar-refractivity contribution is -0.196. The molecule has 0 fully saturated rings. The molecular weight excluding hydrogens is 249 g/mol. The van der Waals surface area contributed by atoms with Gasteiger partial charge in [0.2, 0.25) is 0 Å². The zero-order valence-corrected chi connectivity index (χ0v) is 8.88. The van der Waals surface area contributed by atoms with E-state index in [9.17, 15) is 18.0 Å². The van der Waals surface area contributed by atoms with Crippen LogP contribution in [0.2, 0.25) is 5.02 Å². The highest BCUT2D eigenvalue weighted by atomic mass is 35.5. The van der Waals surface area contributed by atoms with Gasteiger partial charge in [-0.25, -0.2) is 0 Å². The molecule has 0 amide bonds. The molecule has 8 heteroatoms. The first-order valence-electron chi connectivity index (χ1n) is 4.21. The molecule has 1 N–H and O–H groups in total. The van der Waals surface area contributed by atoms with Crippen molar-refractivity contribution in [3.63, 3.8) is 0 Å². The summed E-state index contributed by atoms with van der Waals surface area (Å²) in [5.41, 5.74) is 0.303. The van der Waals surface area contributed by atoms with Crippen molar-refractivity contribution in [1.29, 1.82) is 0 Å². The second-order valence-corrected chi connectivity index (χ2v) is 3.60. The van der Waals surface area contributed by atoms with Crippen LogP contribution in [0.1, 0.15) is 5.69 Å². The number of rotatable bonds is 3. The monoisotopic (exact) mass is 256 g/mol. The predicted octanol–water partition coefficient (Wildman–Crippen LogP) is 2.11. The van der Waals surface area contributed by atoms with Crippen LogP contribution in [0.4, 0.5) is 13.2 Å². The molecule has 0 aliphatic rings. The van der Waals surface area contributed by atoms with E-state index in [0.717, 1.165) is 4.68 Å². The molecule has 4 nitrogen and oxygen atoms in total. The molecule has 1 atom stereocenters. The molecule has 0 aromatic carbocycles. The number of hydrogen-bond acceptors (Lipinski definition) is 2. The van der Waals surface area contributed by atoms with E-state index in [4.69, 9.17) is 16.7 Å². The minimum atomic E-state index is -4.81. The van der Waals surface area contributed by atoms with Crippen molar-refractivity contribution in [2.24, 2.45) is 5.92 Å². The molecule has 0 saturated heterocycles. The van der Waals surface area contributed by atoms with Crippen LogP contribution in [0.3, 0.4) is 0 Å². The van der Waals surface area contributed by atoms with Gasteiger partial charge in [0, 0.05) is 0 Å². The van der Waals surface area contributed by atoms with Gasteiger partial charge in [-0.2, -0.15) is 18.3 Å². The SMILES string of the molecule is Cc1c(Cl)cnn1CC(C(=O)O)C(F)(F)F. The number of carboxylic acids is 1. The molecule has 0 saturated carbocycles. The third-order valence-electron chi connectivity index (χ3n) is 2.09. The van der Waals surface area contributed by atoms with Gasteiger partial charge < -0.3 is 5.11 Å². The Morgan fingerprint density at radius 1 is 1.69 bits per heavy atom. The van der Waals surface area contributed by atoms with Crippen molar-refractivity contribution < 1.29 is 23.1 Å². The Balaban J connectivity index is 2.93. The maximum absolute atomic E-state index is 12.3. The summed E-state index contributed by atoms with van der Waals surface area (Å²) in [5.74, 6) is -4.42. The molecule has 0 aliphatic carbocycles. The second-order valence-electron chi connectivity index (χ2n) is 3.19. The van der Waals surface area contributed by atoms with E-state index in [1.165, 1.54) is 13.1 Å². The summed E-state index contributed by atoms with van der Waals surface area (Å²) in [7, 11) is 0. The Morgan fingerprint density at radius 3 is 2.56 bits per heavy atom.